The first kappa shape index (κ1) is 11.1. The molecule has 1 aromatic heterocycles. The zero-order chi connectivity index (χ0) is 12.3. The summed E-state index contributed by atoms with van der Waals surface area (Å²) >= 11 is 0. The molecule has 0 bridgehead atoms. The molecule has 0 saturated heterocycles. The largest absolute Gasteiger partial charge is 0.399 e. The molecule has 86 valence electrons. The summed E-state index contributed by atoms with van der Waals surface area (Å²) in [6.07, 6.45) is 3.13. The first-order chi connectivity index (χ1) is 8.15. The Morgan fingerprint density at radius 3 is 2.59 bits per heavy atom. The lowest BCUT2D eigenvalue weighted by Gasteiger charge is -2.04. The second-order valence-electron chi connectivity index (χ2n) is 3.62. The van der Waals surface area contributed by atoms with E-state index >= 15 is 0 Å². The van der Waals surface area contributed by atoms with Crippen molar-refractivity contribution in [1.29, 1.82) is 0 Å². The van der Waals surface area contributed by atoms with Gasteiger partial charge in [-0.1, -0.05) is 0 Å². The maximum atomic E-state index is 11.8. The lowest BCUT2D eigenvalue weighted by Crippen LogP contribution is -2.13. The SMILES string of the molecule is Cc1cncc(NC(=O)c2ccc(N)cc2)n1. The summed E-state index contributed by atoms with van der Waals surface area (Å²) in [6, 6.07) is 6.68. The quantitative estimate of drug-likeness (QED) is 0.765. The Kier molecular flexibility index (Phi) is 3.00. The Bertz CT molecular complexity index is 536. The molecule has 2 aromatic rings. The number of hydrogen-bond acceptors (Lipinski definition) is 4. The first-order valence-electron chi connectivity index (χ1n) is 5.11. The average molecular weight is 228 g/mol. The number of carbonyl (C=O) groups excluding carboxylic acids is 1. The Balaban J connectivity index is 2.14. The van der Waals surface area contributed by atoms with E-state index in [-0.39, 0.29) is 5.91 Å². The maximum Gasteiger partial charge on any atom is 0.256 e. The third-order valence-corrected chi connectivity index (χ3v) is 2.17. The van der Waals surface area contributed by atoms with Gasteiger partial charge in [0, 0.05) is 17.4 Å². The minimum absolute atomic E-state index is 0.232. The fourth-order valence-electron chi connectivity index (χ4n) is 1.35. The van der Waals surface area contributed by atoms with Crippen LogP contribution in [0.1, 0.15) is 16.1 Å². The molecule has 3 N–H and O–H groups in total. The molecule has 5 nitrogen and oxygen atoms in total. The Hall–Kier alpha value is -2.43. The van der Waals surface area contributed by atoms with Gasteiger partial charge in [0.1, 0.15) is 0 Å². The summed E-state index contributed by atoms with van der Waals surface area (Å²) in [5.74, 6) is 0.205. The van der Waals surface area contributed by atoms with Crippen molar-refractivity contribution >= 4 is 17.4 Å². The zero-order valence-corrected chi connectivity index (χ0v) is 9.34. The summed E-state index contributed by atoms with van der Waals surface area (Å²) in [4.78, 5) is 19.9. The van der Waals surface area contributed by atoms with Crippen molar-refractivity contribution in [3.8, 4) is 0 Å². The fourth-order valence-corrected chi connectivity index (χ4v) is 1.35. The van der Waals surface area contributed by atoms with Gasteiger partial charge in [0.15, 0.2) is 5.82 Å². The Morgan fingerprint density at radius 1 is 1.24 bits per heavy atom. The molecule has 17 heavy (non-hydrogen) atoms. The highest BCUT2D eigenvalue weighted by atomic mass is 16.1. The smallest absolute Gasteiger partial charge is 0.256 e. The molecule has 0 aliphatic carbocycles. The number of rotatable bonds is 2. The van der Waals surface area contributed by atoms with E-state index < -0.39 is 0 Å². The normalized spacial score (nSPS) is 9.94. The highest BCUT2D eigenvalue weighted by Crippen LogP contribution is 2.08. The van der Waals surface area contributed by atoms with Crippen LogP contribution in [0, 0.1) is 6.92 Å². The summed E-state index contributed by atoms with van der Waals surface area (Å²) in [5.41, 5.74) is 7.45. The second kappa shape index (κ2) is 4.61. The van der Waals surface area contributed by atoms with Gasteiger partial charge in [-0.25, -0.2) is 4.98 Å². The van der Waals surface area contributed by atoms with Crippen molar-refractivity contribution in [2.45, 2.75) is 6.92 Å². The standard InChI is InChI=1S/C12H12N4O/c1-8-6-14-7-11(15-8)16-12(17)9-2-4-10(13)5-3-9/h2-7H,13H2,1H3,(H,15,16,17). The van der Waals surface area contributed by atoms with Gasteiger partial charge in [0.2, 0.25) is 0 Å². The van der Waals surface area contributed by atoms with Crippen LogP contribution in [0.15, 0.2) is 36.7 Å². The molecule has 1 aromatic carbocycles. The number of anilines is 2. The molecule has 0 atom stereocenters. The number of nitrogens with one attached hydrogen (secondary N) is 1. The highest BCUT2D eigenvalue weighted by molar-refractivity contribution is 6.03. The van der Waals surface area contributed by atoms with Gasteiger partial charge < -0.3 is 11.1 Å². The van der Waals surface area contributed by atoms with E-state index in [9.17, 15) is 4.79 Å². The summed E-state index contributed by atoms with van der Waals surface area (Å²) in [6.45, 7) is 1.81. The van der Waals surface area contributed by atoms with Crippen LogP contribution in [-0.4, -0.2) is 15.9 Å². The van der Waals surface area contributed by atoms with Gasteiger partial charge in [0.25, 0.3) is 5.91 Å². The van der Waals surface area contributed by atoms with E-state index in [1.54, 1.807) is 30.5 Å². The molecular weight excluding hydrogens is 216 g/mol. The number of nitrogens with zero attached hydrogens (tertiary/aromatic N) is 2. The van der Waals surface area contributed by atoms with Gasteiger partial charge in [-0.3, -0.25) is 9.78 Å². The average Bonchev–Trinajstić information content (AvgIpc) is 2.29. The van der Waals surface area contributed by atoms with Crippen molar-refractivity contribution in [1.82, 2.24) is 9.97 Å². The second-order valence-corrected chi connectivity index (χ2v) is 3.62. The molecule has 0 aliphatic rings. The molecule has 1 amide bonds. The molecule has 2 rings (SSSR count). The van der Waals surface area contributed by atoms with E-state index in [4.69, 9.17) is 5.73 Å². The number of aryl methyl sites for hydroxylation is 1. The van der Waals surface area contributed by atoms with Crippen LogP contribution >= 0.6 is 0 Å². The number of nitrogen functional groups attached to an aromatic ring is 1. The van der Waals surface area contributed by atoms with E-state index in [2.05, 4.69) is 15.3 Å². The summed E-state index contributed by atoms with van der Waals surface area (Å²) in [7, 11) is 0. The molecule has 0 radical (unpaired) electrons. The predicted molar refractivity (Wildman–Crippen MR) is 65.6 cm³/mol. The van der Waals surface area contributed by atoms with Crippen LogP contribution in [-0.2, 0) is 0 Å². The van der Waals surface area contributed by atoms with Crippen molar-refractivity contribution in [2.75, 3.05) is 11.1 Å². The number of benzene rings is 1. The van der Waals surface area contributed by atoms with Crippen molar-refractivity contribution in [2.24, 2.45) is 0 Å². The number of hydrogen-bond donors (Lipinski definition) is 2. The fraction of sp³-hybridized carbons (Fsp3) is 0.0833. The minimum atomic E-state index is -0.232. The number of amides is 1. The first-order valence-corrected chi connectivity index (χ1v) is 5.11. The molecule has 0 spiro atoms. The predicted octanol–water partition coefficient (Wildman–Crippen LogP) is 1.62. The lowest BCUT2D eigenvalue weighted by molar-refractivity contribution is 0.102. The van der Waals surface area contributed by atoms with Crippen LogP contribution in [0.2, 0.25) is 0 Å². The van der Waals surface area contributed by atoms with E-state index in [1.807, 2.05) is 6.92 Å². The third-order valence-electron chi connectivity index (χ3n) is 2.17. The summed E-state index contributed by atoms with van der Waals surface area (Å²) < 4.78 is 0. The molecule has 1 heterocycles. The monoisotopic (exact) mass is 228 g/mol. The number of aromatic nitrogens is 2. The van der Waals surface area contributed by atoms with E-state index in [0.29, 0.717) is 17.1 Å². The zero-order valence-electron chi connectivity index (χ0n) is 9.34. The Labute approximate surface area is 98.7 Å². The van der Waals surface area contributed by atoms with Crippen LogP contribution in [0.3, 0.4) is 0 Å². The molecule has 0 fully saturated rings. The van der Waals surface area contributed by atoms with Crippen LogP contribution in [0.5, 0.6) is 0 Å². The Morgan fingerprint density at radius 2 is 1.94 bits per heavy atom. The van der Waals surface area contributed by atoms with Crippen LogP contribution in [0.25, 0.3) is 0 Å². The summed E-state index contributed by atoms with van der Waals surface area (Å²) in [5, 5.41) is 2.67. The van der Waals surface area contributed by atoms with Crippen LogP contribution < -0.4 is 11.1 Å². The van der Waals surface area contributed by atoms with Gasteiger partial charge in [-0.05, 0) is 31.2 Å². The minimum Gasteiger partial charge on any atom is -0.399 e. The van der Waals surface area contributed by atoms with Crippen molar-refractivity contribution < 1.29 is 4.79 Å². The van der Waals surface area contributed by atoms with E-state index in [1.165, 1.54) is 6.20 Å². The number of nitrogens with two attached hydrogens (primary N) is 1. The molecule has 5 heteroatoms. The van der Waals surface area contributed by atoms with Crippen LogP contribution in [0.4, 0.5) is 11.5 Å². The maximum absolute atomic E-state index is 11.8. The third kappa shape index (κ3) is 2.78. The molecule has 0 aliphatic heterocycles. The van der Waals surface area contributed by atoms with Gasteiger partial charge >= 0.3 is 0 Å². The topological polar surface area (TPSA) is 80.9 Å². The van der Waals surface area contributed by atoms with E-state index in [0.717, 1.165) is 5.69 Å². The molecule has 0 saturated carbocycles. The molecule has 0 unspecified atom stereocenters. The van der Waals surface area contributed by atoms with Gasteiger partial charge in [-0.15, -0.1) is 0 Å². The molecular formula is C12H12N4O. The van der Waals surface area contributed by atoms with Crippen molar-refractivity contribution in [3.05, 3.63) is 47.9 Å². The van der Waals surface area contributed by atoms with Gasteiger partial charge in [-0.2, -0.15) is 0 Å². The number of carbonyl (C=O) groups is 1. The van der Waals surface area contributed by atoms with Crippen molar-refractivity contribution in [3.63, 3.8) is 0 Å². The van der Waals surface area contributed by atoms with Gasteiger partial charge in [0.05, 0.1) is 11.9 Å². The highest BCUT2D eigenvalue weighted by Gasteiger charge is 2.06. The lowest BCUT2D eigenvalue weighted by atomic mass is 10.2.